The Morgan fingerprint density at radius 1 is 1.50 bits per heavy atom. The fraction of sp³-hybridized carbons (Fsp3) is 0.167. The van der Waals surface area contributed by atoms with E-state index in [0.717, 1.165) is 0 Å². The van der Waals surface area contributed by atoms with Crippen molar-refractivity contribution in [3.05, 3.63) is 23.9 Å². The number of alkyl halides is 2. The molecule has 1 aromatic rings. The molecule has 4 heteroatoms. The minimum absolute atomic E-state index is 0.0995. The molecule has 1 aromatic heterocycles. The highest BCUT2D eigenvalue weighted by atomic mass is 19.3. The van der Waals surface area contributed by atoms with E-state index in [4.69, 9.17) is 5.73 Å². The first-order valence-electron chi connectivity index (χ1n) is 2.70. The second-order valence-electron chi connectivity index (χ2n) is 1.78. The van der Waals surface area contributed by atoms with Crippen LogP contribution >= 0.6 is 0 Å². The van der Waals surface area contributed by atoms with Crippen LogP contribution in [0.4, 0.5) is 14.6 Å². The van der Waals surface area contributed by atoms with Crippen molar-refractivity contribution in [1.29, 1.82) is 0 Å². The van der Waals surface area contributed by atoms with Gasteiger partial charge in [0, 0.05) is 6.20 Å². The van der Waals surface area contributed by atoms with Crippen LogP contribution in [0.5, 0.6) is 0 Å². The van der Waals surface area contributed by atoms with Gasteiger partial charge >= 0.3 is 0 Å². The normalized spacial score (nSPS) is 10.3. The van der Waals surface area contributed by atoms with Gasteiger partial charge in [0.2, 0.25) is 0 Å². The minimum atomic E-state index is -2.53. The number of nitrogens with zero attached hydrogens (tertiary/aromatic N) is 1. The van der Waals surface area contributed by atoms with Crippen molar-refractivity contribution in [2.24, 2.45) is 0 Å². The van der Waals surface area contributed by atoms with Crippen molar-refractivity contribution in [2.45, 2.75) is 6.43 Å². The Bertz CT molecular complexity index is 225. The molecule has 10 heavy (non-hydrogen) atoms. The lowest BCUT2D eigenvalue weighted by Gasteiger charge is -2.00. The van der Waals surface area contributed by atoms with E-state index in [1.807, 2.05) is 0 Å². The van der Waals surface area contributed by atoms with Crippen molar-refractivity contribution in [2.75, 3.05) is 5.73 Å². The van der Waals surface area contributed by atoms with Gasteiger partial charge in [-0.3, -0.25) is 0 Å². The van der Waals surface area contributed by atoms with Crippen molar-refractivity contribution < 1.29 is 8.78 Å². The summed E-state index contributed by atoms with van der Waals surface area (Å²) in [6.07, 6.45) is -1.16. The maximum absolute atomic E-state index is 11.9. The number of halogens is 2. The van der Waals surface area contributed by atoms with E-state index < -0.39 is 6.43 Å². The predicted octanol–water partition coefficient (Wildman–Crippen LogP) is 1.60. The van der Waals surface area contributed by atoms with Gasteiger partial charge in [0.1, 0.15) is 5.82 Å². The Morgan fingerprint density at radius 3 is 2.60 bits per heavy atom. The molecule has 0 bridgehead atoms. The summed E-state index contributed by atoms with van der Waals surface area (Å²) < 4.78 is 23.8. The standard InChI is InChI=1S/C6H6F2N2/c7-5(8)4-2-1-3-10-6(4)9/h1-3,5H,(H2,9,10). The number of rotatable bonds is 1. The Kier molecular flexibility index (Phi) is 1.80. The van der Waals surface area contributed by atoms with E-state index in [1.165, 1.54) is 18.3 Å². The van der Waals surface area contributed by atoms with E-state index in [0.29, 0.717) is 0 Å². The molecule has 0 saturated heterocycles. The van der Waals surface area contributed by atoms with Gasteiger partial charge in [-0.2, -0.15) is 0 Å². The number of nitrogen functional groups attached to an aromatic ring is 1. The van der Waals surface area contributed by atoms with Gasteiger partial charge in [0.05, 0.1) is 5.56 Å². The Morgan fingerprint density at radius 2 is 2.20 bits per heavy atom. The van der Waals surface area contributed by atoms with Gasteiger partial charge in [-0.1, -0.05) is 0 Å². The molecule has 2 nitrogen and oxygen atoms in total. The molecular formula is C6H6F2N2. The molecule has 0 unspecified atom stereocenters. The van der Waals surface area contributed by atoms with Crippen molar-refractivity contribution in [3.8, 4) is 0 Å². The summed E-state index contributed by atoms with van der Waals surface area (Å²) in [5, 5.41) is 0. The molecule has 0 saturated carbocycles. The lowest BCUT2D eigenvalue weighted by Crippen LogP contribution is -1.96. The van der Waals surface area contributed by atoms with Crippen molar-refractivity contribution in [1.82, 2.24) is 4.98 Å². The van der Waals surface area contributed by atoms with Gasteiger partial charge in [-0.15, -0.1) is 0 Å². The van der Waals surface area contributed by atoms with E-state index >= 15 is 0 Å². The Labute approximate surface area is 56.7 Å². The SMILES string of the molecule is Nc1ncccc1C(F)F. The lowest BCUT2D eigenvalue weighted by molar-refractivity contribution is 0.152. The third kappa shape index (κ3) is 1.21. The number of hydrogen-bond donors (Lipinski definition) is 1. The van der Waals surface area contributed by atoms with Crippen molar-refractivity contribution in [3.63, 3.8) is 0 Å². The molecule has 0 spiro atoms. The molecule has 0 aliphatic carbocycles. The lowest BCUT2D eigenvalue weighted by atomic mass is 10.3. The Balaban J connectivity index is 3.03. The van der Waals surface area contributed by atoms with Crippen LogP contribution in [-0.4, -0.2) is 4.98 Å². The van der Waals surface area contributed by atoms with E-state index in [1.54, 1.807) is 0 Å². The predicted molar refractivity (Wildman–Crippen MR) is 33.6 cm³/mol. The summed E-state index contributed by atoms with van der Waals surface area (Å²) in [5.41, 5.74) is 4.92. The molecule has 1 rings (SSSR count). The first-order valence-corrected chi connectivity index (χ1v) is 2.70. The maximum Gasteiger partial charge on any atom is 0.267 e. The molecular weight excluding hydrogens is 138 g/mol. The molecule has 1 heterocycles. The summed E-state index contributed by atoms with van der Waals surface area (Å²) in [5.74, 6) is -0.0995. The van der Waals surface area contributed by atoms with Crippen LogP contribution in [-0.2, 0) is 0 Å². The zero-order valence-electron chi connectivity index (χ0n) is 5.09. The van der Waals surface area contributed by atoms with Crippen molar-refractivity contribution >= 4 is 5.82 Å². The van der Waals surface area contributed by atoms with E-state index in [2.05, 4.69) is 4.98 Å². The maximum atomic E-state index is 11.9. The molecule has 0 aliphatic heterocycles. The number of aromatic nitrogens is 1. The largest absolute Gasteiger partial charge is 0.383 e. The van der Waals surface area contributed by atoms with Gasteiger partial charge in [-0.05, 0) is 12.1 Å². The molecule has 0 amide bonds. The summed E-state index contributed by atoms with van der Waals surface area (Å²) >= 11 is 0. The highest BCUT2D eigenvalue weighted by Gasteiger charge is 2.09. The van der Waals surface area contributed by atoms with Crippen LogP contribution in [0.1, 0.15) is 12.0 Å². The van der Waals surface area contributed by atoms with E-state index in [-0.39, 0.29) is 11.4 Å². The third-order valence-electron chi connectivity index (χ3n) is 1.11. The summed E-state index contributed by atoms with van der Waals surface area (Å²) in [7, 11) is 0. The third-order valence-corrected chi connectivity index (χ3v) is 1.11. The second kappa shape index (κ2) is 2.60. The average Bonchev–Trinajstić information content (AvgIpc) is 1.88. The first-order chi connectivity index (χ1) is 4.72. The zero-order valence-corrected chi connectivity index (χ0v) is 5.09. The Hall–Kier alpha value is -1.19. The topological polar surface area (TPSA) is 38.9 Å². The number of hydrogen-bond acceptors (Lipinski definition) is 2. The second-order valence-corrected chi connectivity index (χ2v) is 1.78. The highest BCUT2D eigenvalue weighted by molar-refractivity contribution is 5.38. The number of anilines is 1. The van der Waals surface area contributed by atoms with Gasteiger partial charge in [-0.25, -0.2) is 13.8 Å². The monoisotopic (exact) mass is 144 g/mol. The van der Waals surface area contributed by atoms with Crippen LogP contribution in [0, 0.1) is 0 Å². The molecule has 0 radical (unpaired) electrons. The highest BCUT2D eigenvalue weighted by Crippen LogP contribution is 2.21. The molecule has 0 aromatic carbocycles. The fourth-order valence-electron chi connectivity index (χ4n) is 0.614. The van der Waals surface area contributed by atoms with Crippen LogP contribution in [0.25, 0.3) is 0 Å². The molecule has 0 fully saturated rings. The number of nitrogens with two attached hydrogens (primary N) is 1. The molecule has 54 valence electrons. The van der Waals surface area contributed by atoms with Gasteiger partial charge in [0.25, 0.3) is 6.43 Å². The molecule has 0 atom stereocenters. The van der Waals surface area contributed by atoms with Crippen LogP contribution in [0.2, 0.25) is 0 Å². The fourth-order valence-corrected chi connectivity index (χ4v) is 0.614. The van der Waals surface area contributed by atoms with Crippen LogP contribution in [0.15, 0.2) is 18.3 Å². The smallest absolute Gasteiger partial charge is 0.267 e. The number of pyridine rings is 1. The minimum Gasteiger partial charge on any atom is -0.383 e. The van der Waals surface area contributed by atoms with Crippen LogP contribution < -0.4 is 5.73 Å². The molecule has 2 N–H and O–H groups in total. The zero-order chi connectivity index (χ0) is 7.56. The molecule has 0 aliphatic rings. The van der Waals surface area contributed by atoms with Gasteiger partial charge in [0.15, 0.2) is 0 Å². The first kappa shape index (κ1) is 6.92. The summed E-state index contributed by atoms with van der Waals surface area (Å²) in [6.45, 7) is 0. The average molecular weight is 144 g/mol. The van der Waals surface area contributed by atoms with Crippen LogP contribution in [0.3, 0.4) is 0 Å². The summed E-state index contributed by atoms with van der Waals surface area (Å²) in [6, 6.07) is 2.69. The summed E-state index contributed by atoms with van der Waals surface area (Å²) in [4.78, 5) is 3.50. The quantitative estimate of drug-likeness (QED) is 0.650. The van der Waals surface area contributed by atoms with E-state index in [9.17, 15) is 8.78 Å². The van der Waals surface area contributed by atoms with Gasteiger partial charge < -0.3 is 5.73 Å².